The molecule has 0 bridgehead atoms. The van der Waals surface area contributed by atoms with Crippen LogP contribution in [0, 0.1) is 0 Å². The smallest absolute Gasteiger partial charge is 0.105 e. The van der Waals surface area contributed by atoms with Crippen molar-refractivity contribution < 1.29 is 0 Å². The predicted octanol–water partition coefficient (Wildman–Crippen LogP) is 1.11. The first-order chi connectivity index (χ1) is 4.88. The lowest BCUT2D eigenvalue weighted by atomic mass is 10.6. The summed E-state index contributed by atoms with van der Waals surface area (Å²) in [6, 6.07) is 0. The number of nitrogens with one attached hydrogen (secondary N) is 1. The summed E-state index contributed by atoms with van der Waals surface area (Å²) in [5, 5.41) is 3.12. The lowest BCUT2D eigenvalue weighted by molar-refractivity contribution is 0.659. The molecule has 58 valence electrons. The van der Waals surface area contributed by atoms with Gasteiger partial charge in [-0.1, -0.05) is 6.92 Å². The van der Waals surface area contributed by atoms with Crippen molar-refractivity contribution in [3.8, 4) is 0 Å². The van der Waals surface area contributed by atoms with Crippen LogP contribution in [0.5, 0.6) is 0 Å². The van der Waals surface area contributed by atoms with Gasteiger partial charge in [-0.15, -0.1) is 0 Å². The van der Waals surface area contributed by atoms with Gasteiger partial charge in [-0.3, -0.25) is 0 Å². The zero-order valence-electron chi connectivity index (χ0n) is 6.54. The first-order valence-corrected chi connectivity index (χ1v) is 5.04. The van der Waals surface area contributed by atoms with Crippen molar-refractivity contribution in [2.45, 2.75) is 19.6 Å². The first kappa shape index (κ1) is 7.83. The van der Waals surface area contributed by atoms with Gasteiger partial charge in [-0.05, 0) is 7.05 Å². The molecule has 0 aliphatic rings. The van der Waals surface area contributed by atoms with E-state index in [9.17, 15) is 0 Å². The van der Waals surface area contributed by atoms with Gasteiger partial charge < -0.3 is 9.65 Å². The van der Waals surface area contributed by atoms with E-state index in [0.29, 0.717) is 0 Å². The summed E-state index contributed by atoms with van der Waals surface area (Å²) < 4.78 is 6.59. The van der Waals surface area contributed by atoms with E-state index in [-0.39, 0.29) is 7.85 Å². The van der Waals surface area contributed by atoms with Crippen LogP contribution in [0.15, 0.2) is 6.33 Å². The normalized spacial score (nSPS) is 12.4. The van der Waals surface area contributed by atoms with E-state index in [1.165, 1.54) is 6.16 Å². The highest BCUT2D eigenvalue weighted by Crippen LogP contribution is 2.24. The second-order valence-electron chi connectivity index (χ2n) is 2.19. The van der Waals surface area contributed by atoms with Crippen molar-refractivity contribution >= 4 is 7.85 Å². The molecule has 0 radical (unpaired) electrons. The Bertz CT molecular complexity index is 180. The molecular formula is C6H14N3P. The van der Waals surface area contributed by atoms with Crippen LogP contribution in [-0.4, -0.2) is 22.7 Å². The average Bonchev–Trinajstić information content (AvgIpc) is 1.88. The van der Waals surface area contributed by atoms with E-state index in [0.717, 1.165) is 13.1 Å². The Morgan fingerprint density at radius 1 is 1.70 bits per heavy atom. The molecule has 0 aliphatic heterocycles. The number of hydrogen-bond donors (Lipinski definition) is 1. The van der Waals surface area contributed by atoms with Gasteiger partial charge in [0.15, 0.2) is 0 Å². The summed E-state index contributed by atoms with van der Waals surface area (Å²) in [4.78, 5) is 0. The largest absolute Gasteiger partial charge is 0.318 e. The average molecular weight is 159 g/mol. The van der Waals surface area contributed by atoms with Gasteiger partial charge in [-0.25, -0.2) is 4.75 Å². The van der Waals surface area contributed by atoms with Crippen LogP contribution in [-0.2, 0) is 12.7 Å². The molecule has 1 atom stereocenters. The molecule has 0 saturated carbocycles. The maximum atomic E-state index is 4.26. The Labute approximate surface area is 62.6 Å². The molecule has 0 amide bonds. The molecule has 4 heteroatoms. The molecule has 1 aromatic rings. The minimum Gasteiger partial charge on any atom is -0.318 e. The fourth-order valence-corrected chi connectivity index (χ4v) is 2.11. The molecule has 0 aromatic carbocycles. The quantitative estimate of drug-likeness (QED) is 0.713. The number of hydrogen-bond acceptors (Lipinski definition) is 2. The minimum atomic E-state index is -0.108. The van der Waals surface area contributed by atoms with Crippen molar-refractivity contribution in [2.75, 3.05) is 13.6 Å². The second kappa shape index (κ2) is 3.79. The Kier molecular flexibility index (Phi) is 2.97. The van der Waals surface area contributed by atoms with E-state index in [1.54, 1.807) is 0 Å². The summed E-state index contributed by atoms with van der Waals surface area (Å²) in [6.07, 6.45) is 3.14. The van der Waals surface area contributed by atoms with E-state index in [2.05, 4.69) is 21.3 Å². The van der Waals surface area contributed by atoms with Crippen LogP contribution in [0.25, 0.3) is 0 Å². The minimum absolute atomic E-state index is 0.108. The lowest BCUT2D eigenvalue weighted by Gasteiger charge is -2.13. The molecule has 10 heavy (non-hydrogen) atoms. The molecule has 0 saturated heterocycles. The second-order valence-corrected chi connectivity index (χ2v) is 4.31. The van der Waals surface area contributed by atoms with Crippen molar-refractivity contribution in [1.82, 2.24) is 14.4 Å². The van der Waals surface area contributed by atoms with Gasteiger partial charge in [0.25, 0.3) is 0 Å². The van der Waals surface area contributed by atoms with Crippen LogP contribution >= 0.6 is 7.85 Å². The van der Waals surface area contributed by atoms with Crippen LogP contribution in [0.3, 0.4) is 0 Å². The van der Waals surface area contributed by atoms with Crippen LogP contribution in [0.1, 0.15) is 6.92 Å². The molecule has 3 nitrogen and oxygen atoms in total. The highest BCUT2D eigenvalue weighted by molar-refractivity contribution is 7.41. The van der Waals surface area contributed by atoms with Crippen molar-refractivity contribution in [2.24, 2.45) is 0 Å². The molecule has 1 rings (SSSR count). The third-order valence-corrected chi connectivity index (χ3v) is 3.32. The van der Waals surface area contributed by atoms with Crippen molar-refractivity contribution in [3.63, 3.8) is 0 Å². The third-order valence-electron chi connectivity index (χ3n) is 1.49. The SMILES string of the molecule is CCp1ncn1CCNC. The summed E-state index contributed by atoms with van der Waals surface area (Å²) in [5.74, 6) is 0. The van der Waals surface area contributed by atoms with E-state index in [1.807, 2.05) is 13.4 Å². The number of likely N-dealkylation sites (N-methyl/N-ethyl adjacent to an activating group) is 1. The number of aromatic nitrogens is 2. The number of rotatable bonds is 4. The Morgan fingerprint density at radius 2 is 2.50 bits per heavy atom. The number of nitrogens with zero attached hydrogens (tertiary/aromatic N) is 2. The molecule has 0 spiro atoms. The van der Waals surface area contributed by atoms with Crippen molar-refractivity contribution in [1.29, 1.82) is 0 Å². The van der Waals surface area contributed by atoms with Gasteiger partial charge in [-0.2, -0.15) is 0 Å². The van der Waals surface area contributed by atoms with E-state index < -0.39 is 0 Å². The molecule has 1 N–H and O–H groups in total. The molecule has 1 heterocycles. The molecule has 1 aromatic heterocycles. The summed E-state index contributed by atoms with van der Waals surface area (Å²) in [5.41, 5.74) is 0. The van der Waals surface area contributed by atoms with E-state index >= 15 is 0 Å². The summed E-state index contributed by atoms with van der Waals surface area (Å²) in [7, 11) is 1.87. The molecule has 0 aliphatic carbocycles. The predicted molar refractivity (Wildman–Crippen MR) is 44.5 cm³/mol. The third kappa shape index (κ3) is 1.61. The Morgan fingerprint density at radius 3 is 2.90 bits per heavy atom. The van der Waals surface area contributed by atoms with Gasteiger partial charge in [0.05, 0.1) is 0 Å². The molecule has 1 unspecified atom stereocenters. The van der Waals surface area contributed by atoms with Crippen LogP contribution in [0.2, 0.25) is 0 Å². The molecule has 0 fully saturated rings. The molecular weight excluding hydrogens is 145 g/mol. The van der Waals surface area contributed by atoms with Crippen molar-refractivity contribution in [3.05, 3.63) is 6.33 Å². The summed E-state index contributed by atoms with van der Waals surface area (Å²) in [6.45, 7) is 4.36. The first-order valence-electron chi connectivity index (χ1n) is 3.61. The van der Waals surface area contributed by atoms with E-state index in [4.69, 9.17) is 0 Å². The Balaban J connectivity index is 2.30. The fourth-order valence-electron chi connectivity index (χ4n) is 0.861. The van der Waals surface area contributed by atoms with Crippen LogP contribution in [0.4, 0.5) is 0 Å². The van der Waals surface area contributed by atoms with Gasteiger partial charge >= 0.3 is 0 Å². The topological polar surface area (TPSA) is 29.9 Å². The Hall–Kier alpha value is -0.270. The fraction of sp³-hybridized carbons (Fsp3) is 0.833. The summed E-state index contributed by atoms with van der Waals surface area (Å²) >= 11 is 0. The lowest BCUT2D eigenvalue weighted by Crippen LogP contribution is -2.16. The zero-order valence-corrected chi connectivity index (χ0v) is 7.43. The zero-order chi connectivity index (χ0) is 7.40. The number of aryl methyl sites for hydroxylation is 1. The highest BCUT2D eigenvalue weighted by atomic mass is 31.1. The van der Waals surface area contributed by atoms with Gasteiger partial charge in [0.1, 0.15) is 6.33 Å². The van der Waals surface area contributed by atoms with Crippen LogP contribution < -0.4 is 5.32 Å². The maximum absolute atomic E-state index is 4.26. The standard InChI is InChI=1S/C6H14N3P/c1-3-10-8-6-9(10)5-4-7-2/h6-7H,3-5H2,1-2H3. The highest BCUT2D eigenvalue weighted by Gasteiger charge is 1.99. The van der Waals surface area contributed by atoms with Gasteiger partial charge in [0, 0.05) is 27.1 Å². The maximum Gasteiger partial charge on any atom is 0.105 e. The monoisotopic (exact) mass is 159 g/mol. The van der Waals surface area contributed by atoms with Gasteiger partial charge in [0.2, 0.25) is 0 Å².